The smallest absolute Gasteiger partial charge is 0.269 e. The number of ether oxygens (including phenoxy) is 2. The van der Waals surface area contributed by atoms with Crippen LogP contribution in [-0.2, 0) is 0 Å². The summed E-state index contributed by atoms with van der Waals surface area (Å²) in [6, 6.07) is 14.6. The molecule has 0 unspecified atom stereocenters. The number of anilines is 2. The van der Waals surface area contributed by atoms with Gasteiger partial charge in [-0.05, 0) is 55.5 Å². The lowest BCUT2D eigenvalue weighted by atomic mass is 10.2. The summed E-state index contributed by atoms with van der Waals surface area (Å²) < 4.78 is 12.9. The first-order chi connectivity index (χ1) is 13.0. The summed E-state index contributed by atoms with van der Waals surface area (Å²) in [6.45, 7) is 2.51. The van der Waals surface area contributed by atoms with Gasteiger partial charge in [-0.3, -0.25) is 9.36 Å². The maximum Gasteiger partial charge on any atom is 0.269 e. The second kappa shape index (κ2) is 8.24. The Morgan fingerprint density at radius 1 is 1.22 bits per heavy atom. The van der Waals surface area contributed by atoms with Crippen molar-refractivity contribution in [2.75, 3.05) is 24.8 Å². The topological polar surface area (TPSA) is 78.5 Å². The van der Waals surface area contributed by atoms with E-state index in [0.29, 0.717) is 32.7 Å². The van der Waals surface area contributed by atoms with E-state index in [9.17, 15) is 4.79 Å². The number of nitrogens with one attached hydrogen (secondary N) is 1. The molecule has 2 aromatic carbocycles. The number of aromatic nitrogens is 1. The minimum Gasteiger partial charge on any atom is -0.495 e. The number of thiazole rings is 1. The van der Waals surface area contributed by atoms with Crippen molar-refractivity contribution >= 4 is 41.0 Å². The summed E-state index contributed by atoms with van der Waals surface area (Å²) in [5, 5.41) is 2.82. The minimum atomic E-state index is -0.335. The fourth-order valence-electron chi connectivity index (χ4n) is 2.58. The van der Waals surface area contributed by atoms with E-state index < -0.39 is 0 Å². The Hall–Kier alpha value is -2.84. The quantitative estimate of drug-likeness (QED) is 0.594. The van der Waals surface area contributed by atoms with Gasteiger partial charge in [0.05, 0.1) is 19.4 Å². The zero-order valence-electron chi connectivity index (χ0n) is 14.9. The number of methoxy groups -OCH3 is 1. The molecule has 140 valence electrons. The Labute approximate surface area is 166 Å². The normalized spacial score (nSPS) is 10.4. The molecule has 0 saturated carbocycles. The third-order valence-corrected chi connectivity index (χ3v) is 5.20. The van der Waals surface area contributed by atoms with Gasteiger partial charge in [-0.1, -0.05) is 23.5 Å². The van der Waals surface area contributed by atoms with Gasteiger partial charge in [0, 0.05) is 5.69 Å². The van der Waals surface area contributed by atoms with Gasteiger partial charge in [-0.25, -0.2) is 0 Å². The zero-order valence-corrected chi connectivity index (χ0v) is 16.5. The monoisotopic (exact) mass is 401 g/mol. The summed E-state index contributed by atoms with van der Waals surface area (Å²) in [6.07, 6.45) is 0. The van der Waals surface area contributed by atoms with E-state index in [1.54, 1.807) is 23.8 Å². The first-order valence-corrected chi connectivity index (χ1v) is 9.46. The van der Waals surface area contributed by atoms with E-state index in [0.717, 1.165) is 22.8 Å². The Bertz CT molecular complexity index is 1010. The number of nitrogen functional groups attached to an aromatic ring is 1. The lowest BCUT2D eigenvalue weighted by molar-refractivity contribution is 0.103. The van der Waals surface area contributed by atoms with Crippen molar-refractivity contribution in [1.82, 2.24) is 4.57 Å². The van der Waals surface area contributed by atoms with Crippen LogP contribution in [0.3, 0.4) is 0 Å². The highest BCUT2D eigenvalue weighted by molar-refractivity contribution is 7.73. The largest absolute Gasteiger partial charge is 0.495 e. The van der Waals surface area contributed by atoms with Gasteiger partial charge in [0.1, 0.15) is 22.2 Å². The van der Waals surface area contributed by atoms with Crippen molar-refractivity contribution in [3.05, 3.63) is 57.4 Å². The second-order valence-electron chi connectivity index (χ2n) is 5.50. The highest BCUT2D eigenvalue weighted by Crippen LogP contribution is 2.29. The molecule has 1 aromatic heterocycles. The molecule has 0 spiro atoms. The molecule has 3 aromatic rings. The minimum absolute atomic E-state index is 0.293. The molecule has 1 amide bonds. The van der Waals surface area contributed by atoms with Crippen LogP contribution in [0.25, 0.3) is 5.69 Å². The highest BCUT2D eigenvalue weighted by Gasteiger charge is 2.19. The molecule has 0 aliphatic heterocycles. The predicted molar refractivity (Wildman–Crippen MR) is 111 cm³/mol. The van der Waals surface area contributed by atoms with E-state index in [-0.39, 0.29) is 5.91 Å². The van der Waals surface area contributed by atoms with Gasteiger partial charge in [0.15, 0.2) is 3.95 Å². The standard InChI is InChI=1S/C19H19N3O3S2/c1-3-25-13-10-8-12(9-11-13)22-17(20)16(27-19(22)26)18(23)21-14-6-4-5-7-15(14)24-2/h4-11H,3,20H2,1-2H3,(H,21,23). The number of hydrogen-bond acceptors (Lipinski definition) is 6. The predicted octanol–water partition coefficient (Wildman–Crippen LogP) is 4.51. The van der Waals surface area contributed by atoms with Crippen molar-refractivity contribution in [2.24, 2.45) is 0 Å². The molecule has 0 bridgehead atoms. The first-order valence-electron chi connectivity index (χ1n) is 8.24. The Morgan fingerprint density at radius 3 is 2.59 bits per heavy atom. The molecule has 0 atom stereocenters. The lowest BCUT2D eigenvalue weighted by Gasteiger charge is -2.10. The summed E-state index contributed by atoms with van der Waals surface area (Å²) in [4.78, 5) is 13.1. The number of nitrogens with two attached hydrogens (primary N) is 1. The SMILES string of the molecule is CCOc1ccc(-n2c(N)c(C(=O)Nc3ccccc3OC)sc2=S)cc1. The average Bonchev–Trinajstić information content (AvgIpc) is 2.97. The lowest BCUT2D eigenvalue weighted by Crippen LogP contribution is -2.14. The summed E-state index contributed by atoms with van der Waals surface area (Å²) in [5.74, 6) is 1.29. The Kier molecular flexibility index (Phi) is 5.78. The third kappa shape index (κ3) is 3.96. The Morgan fingerprint density at radius 2 is 1.93 bits per heavy atom. The molecule has 27 heavy (non-hydrogen) atoms. The van der Waals surface area contributed by atoms with Crippen LogP contribution in [0.2, 0.25) is 0 Å². The van der Waals surface area contributed by atoms with Gasteiger partial charge in [-0.15, -0.1) is 0 Å². The van der Waals surface area contributed by atoms with Crippen LogP contribution >= 0.6 is 23.6 Å². The van der Waals surface area contributed by atoms with E-state index in [4.69, 9.17) is 27.4 Å². The fraction of sp³-hybridized carbons (Fsp3) is 0.158. The van der Waals surface area contributed by atoms with Crippen molar-refractivity contribution in [1.29, 1.82) is 0 Å². The highest BCUT2D eigenvalue weighted by atomic mass is 32.1. The number of nitrogens with zero attached hydrogens (tertiary/aromatic N) is 1. The number of carbonyl (C=O) groups is 1. The van der Waals surface area contributed by atoms with Gasteiger partial charge in [0.25, 0.3) is 5.91 Å². The van der Waals surface area contributed by atoms with E-state index >= 15 is 0 Å². The molecule has 0 saturated heterocycles. The van der Waals surface area contributed by atoms with Crippen LogP contribution in [-0.4, -0.2) is 24.2 Å². The molecule has 0 radical (unpaired) electrons. The second-order valence-corrected chi connectivity index (χ2v) is 7.14. The fourth-order valence-corrected chi connectivity index (χ4v) is 3.84. The molecule has 0 aliphatic rings. The van der Waals surface area contributed by atoms with Crippen LogP contribution in [0.5, 0.6) is 11.5 Å². The molecule has 3 rings (SSSR count). The van der Waals surface area contributed by atoms with Crippen molar-refractivity contribution < 1.29 is 14.3 Å². The van der Waals surface area contributed by atoms with Gasteiger partial charge >= 0.3 is 0 Å². The molecule has 8 heteroatoms. The van der Waals surface area contributed by atoms with Crippen molar-refractivity contribution in [2.45, 2.75) is 6.92 Å². The third-order valence-electron chi connectivity index (χ3n) is 3.81. The number of benzene rings is 2. The number of carbonyl (C=O) groups excluding carboxylic acids is 1. The number of para-hydroxylation sites is 2. The van der Waals surface area contributed by atoms with E-state index in [2.05, 4.69) is 5.32 Å². The van der Waals surface area contributed by atoms with Crippen molar-refractivity contribution in [3.8, 4) is 17.2 Å². The van der Waals surface area contributed by atoms with Gasteiger partial charge in [0.2, 0.25) is 0 Å². The molecular formula is C19H19N3O3S2. The first kappa shape index (κ1) is 18.9. The maximum absolute atomic E-state index is 12.7. The summed E-state index contributed by atoms with van der Waals surface area (Å²) >= 11 is 6.58. The maximum atomic E-state index is 12.7. The summed E-state index contributed by atoms with van der Waals surface area (Å²) in [5.41, 5.74) is 7.58. The van der Waals surface area contributed by atoms with Gasteiger partial charge in [-0.2, -0.15) is 0 Å². The van der Waals surface area contributed by atoms with E-state index in [1.807, 2.05) is 43.3 Å². The Balaban J connectivity index is 1.91. The number of amides is 1. The molecule has 0 fully saturated rings. The summed E-state index contributed by atoms with van der Waals surface area (Å²) in [7, 11) is 1.55. The average molecular weight is 402 g/mol. The van der Waals surface area contributed by atoms with Crippen LogP contribution in [0.4, 0.5) is 11.5 Å². The molecule has 1 heterocycles. The van der Waals surface area contributed by atoms with Crippen LogP contribution < -0.4 is 20.5 Å². The number of hydrogen-bond donors (Lipinski definition) is 2. The zero-order chi connectivity index (χ0) is 19.4. The van der Waals surface area contributed by atoms with Gasteiger partial charge < -0.3 is 20.5 Å². The van der Waals surface area contributed by atoms with Crippen LogP contribution in [0, 0.1) is 3.95 Å². The van der Waals surface area contributed by atoms with Crippen LogP contribution in [0.15, 0.2) is 48.5 Å². The molecular weight excluding hydrogens is 382 g/mol. The molecule has 0 aliphatic carbocycles. The molecule has 6 nitrogen and oxygen atoms in total. The van der Waals surface area contributed by atoms with E-state index in [1.165, 1.54) is 0 Å². The molecule has 3 N–H and O–H groups in total. The van der Waals surface area contributed by atoms with Crippen LogP contribution in [0.1, 0.15) is 16.6 Å². The number of rotatable bonds is 6. The van der Waals surface area contributed by atoms with Crippen molar-refractivity contribution in [3.63, 3.8) is 0 Å².